The van der Waals surface area contributed by atoms with Gasteiger partial charge in [0.15, 0.2) is 0 Å². The van der Waals surface area contributed by atoms with E-state index in [1.165, 1.54) is 0 Å². The summed E-state index contributed by atoms with van der Waals surface area (Å²) < 4.78 is 0.968. The van der Waals surface area contributed by atoms with Crippen molar-refractivity contribution in [2.24, 2.45) is 0 Å². The lowest BCUT2D eigenvalue weighted by molar-refractivity contribution is 0.187. The van der Waals surface area contributed by atoms with E-state index in [2.05, 4.69) is 40.4 Å². The summed E-state index contributed by atoms with van der Waals surface area (Å²) in [6, 6.07) is 8.69. The number of benzene rings is 1. The Hall–Kier alpha value is -1.07. The van der Waals surface area contributed by atoms with Gasteiger partial charge in [-0.3, -0.25) is 0 Å². The van der Waals surface area contributed by atoms with Gasteiger partial charge < -0.3 is 15.5 Å². The minimum Gasteiger partial charge on any atom is -0.324 e. The molecule has 5 heteroatoms. The molecule has 0 spiro atoms. The summed E-state index contributed by atoms with van der Waals surface area (Å²) in [5.74, 6) is 0. The zero-order valence-electron chi connectivity index (χ0n) is 12.0. The van der Waals surface area contributed by atoms with Gasteiger partial charge in [0.2, 0.25) is 0 Å². The second-order valence-electron chi connectivity index (χ2n) is 5.52. The zero-order chi connectivity index (χ0) is 14.5. The van der Waals surface area contributed by atoms with Crippen molar-refractivity contribution in [2.75, 3.05) is 18.4 Å². The van der Waals surface area contributed by atoms with Crippen molar-refractivity contribution in [2.45, 2.75) is 38.8 Å². The number of anilines is 1. The predicted molar refractivity (Wildman–Crippen MR) is 86.0 cm³/mol. The highest BCUT2D eigenvalue weighted by molar-refractivity contribution is 9.10. The number of nitrogens with one attached hydrogen (secondary N) is 2. The molecule has 0 atom stereocenters. The second-order valence-corrected chi connectivity index (χ2v) is 6.44. The molecule has 1 aliphatic heterocycles. The topological polar surface area (TPSA) is 44.4 Å². The van der Waals surface area contributed by atoms with Gasteiger partial charge in [0.25, 0.3) is 0 Å². The van der Waals surface area contributed by atoms with Gasteiger partial charge in [0, 0.05) is 35.3 Å². The molecule has 0 aliphatic carbocycles. The number of urea groups is 1. The molecule has 2 rings (SSSR count). The molecule has 1 fully saturated rings. The maximum atomic E-state index is 12.2. The van der Waals surface area contributed by atoms with E-state index < -0.39 is 0 Å². The Morgan fingerprint density at radius 2 is 2.05 bits per heavy atom. The molecule has 20 heavy (non-hydrogen) atoms. The monoisotopic (exact) mass is 339 g/mol. The SMILES string of the molecule is CC(C)NC1CCN(C(=O)Nc2cccc(Br)c2)CC1. The number of carbonyl (C=O) groups is 1. The molecule has 2 N–H and O–H groups in total. The van der Waals surface area contributed by atoms with Crippen LogP contribution < -0.4 is 10.6 Å². The Balaban J connectivity index is 1.83. The molecule has 1 heterocycles. The second kappa shape index (κ2) is 7.09. The van der Waals surface area contributed by atoms with Gasteiger partial charge in [-0.25, -0.2) is 4.79 Å². The molecular formula is C15H22BrN3O. The van der Waals surface area contributed by atoms with Gasteiger partial charge in [0.05, 0.1) is 0 Å². The molecule has 0 saturated carbocycles. The first-order chi connectivity index (χ1) is 9.54. The summed E-state index contributed by atoms with van der Waals surface area (Å²) in [6.45, 7) is 5.94. The summed E-state index contributed by atoms with van der Waals surface area (Å²) in [4.78, 5) is 14.1. The van der Waals surface area contributed by atoms with Crippen molar-refractivity contribution < 1.29 is 4.79 Å². The van der Waals surface area contributed by atoms with Crippen molar-refractivity contribution in [3.05, 3.63) is 28.7 Å². The maximum absolute atomic E-state index is 12.2. The van der Waals surface area contributed by atoms with Crippen LogP contribution in [0.3, 0.4) is 0 Å². The third-order valence-electron chi connectivity index (χ3n) is 3.43. The summed E-state index contributed by atoms with van der Waals surface area (Å²) in [5.41, 5.74) is 0.826. The first kappa shape index (κ1) is 15.3. The van der Waals surface area contributed by atoms with Crippen LogP contribution in [0.15, 0.2) is 28.7 Å². The largest absolute Gasteiger partial charge is 0.324 e. The minimum atomic E-state index is -0.00824. The fourth-order valence-corrected chi connectivity index (χ4v) is 2.89. The Labute approximate surface area is 129 Å². The quantitative estimate of drug-likeness (QED) is 0.885. The molecule has 0 aromatic heterocycles. The molecule has 110 valence electrons. The highest BCUT2D eigenvalue weighted by Crippen LogP contribution is 2.17. The van der Waals surface area contributed by atoms with Crippen molar-refractivity contribution in [1.29, 1.82) is 0 Å². The molecule has 1 saturated heterocycles. The Bertz CT molecular complexity index is 456. The molecule has 0 radical (unpaired) electrons. The Morgan fingerprint density at radius 3 is 2.65 bits per heavy atom. The van der Waals surface area contributed by atoms with Crippen molar-refractivity contribution in [3.63, 3.8) is 0 Å². The van der Waals surface area contributed by atoms with E-state index in [1.807, 2.05) is 29.2 Å². The van der Waals surface area contributed by atoms with E-state index >= 15 is 0 Å². The number of nitrogens with zero attached hydrogens (tertiary/aromatic N) is 1. The Morgan fingerprint density at radius 1 is 1.35 bits per heavy atom. The number of amides is 2. The smallest absolute Gasteiger partial charge is 0.321 e. The average Bonchev–Trinajstić information content (AvgIpc) is 2.38. The molecule has 2 amide bonds. The standard InChI is InChI=1S/C15H22BrN3O/c1-11(2)17-13-6-8-19(9-7-13)15(20)18-14-5-3-4-12(16)10-14/h3-5,10-11,13,17H,6-9H2,1-2H3,(H,18,20). The molecule has 1 aromatic carbocycles. The van der Waals surface area contributed by atoms with E-state index in [-0.39, 0.29) is 6.03 Å². The van der Waals surface area contributed by atoms with Crippen LogP contribution in [0.4, 0.5) is 10.5 Å². The fraction of sp³-hybridized carbons (Fsp3) is 0.533. The summed E-state index contributed by atoms with van der Waals surface area (Å²) in [5, 5.41) is 6.48. The van der Waals surface area contributed by atoms with Gasteiger partial charge in [-0.1, -0.05) is 35.8 Å². The van der Waals surface area contributed by atoms with Gasteiger partial charge in [0.1, 0.15) is 0 Å². The van der Waals surface area contributed by atoms with Gasteiger partial charge >= 0.3 is 6.03 Å². The van der Waals surface area contributed by atoms with E-state index in [0.717, 1.165) is 36.1 Å². The summed E-state index contributed by atoms with van der Waals surface area (Å²) in [6.07, 6.45) is 2.04. The van der Waals surface area contributed by atoms with Crippen LogP contribution in [0.5, 0.6) is 0 Å². The van der Waals surface area contributed by atoms with Crippen LogP contribution in [-0.2, 0) is 0 Å². The lowest BCUT2D eigenvalue weighted by Gasteiger charge is -2.33. The molecular weight excluding hydrogens is 318 g/mol. The summed E-state index contributed by atoms with van der Waals surface area (Å²) in [7, 11) is 0. The highest BCUT2D eigenvalue weighted by atomic mass is 79.9. The first-order valence-electron chi connectivity index (χ1n) is 7.12. The van der Waals surface area contributed by atoms with Gasteiger partial charge in [-0.2, -0.15) is 0 Å². The third kappa shape index (κ3) is 4.49. The minimum absolute atomic E-state index is 0.00824. The van der Waals surface area contributed by atoms with E-state index in [4.69, 9.17) is 0 Å². The fourth-order valence-electron chi connectivity index (χ4n) is 2.49. The highest BCUT2D eigenvalue weighted by Gasteiger charge is 2.22. The number of piperidine rings is 1. The zero-order valence-corrected chi connectivity index (χ0v) is 13.6. The summed E-state index contributed by atoms with van der Waals surface area (Å²) >= 11 is 3.41. The van der Waals surface area contributed by atoms with Crippen LogP contribution in [0.2, 0.25) is 0 Å². The van der Waals surface area contributed by atoms with Gasteiger partial charge in [-0.15, -0.1) is 0 Å². The Kier molecular flexibility index (Phi) is 5.43. The normalized spacial score (nSPS) is 16.5. The van der Waals surface area contributed by atoms with E-state index in [9.17, 15) is 4.79 Å². The van der Waals surface area contributed by atoms with Crippen LogP contribution in [0.1, 0.15) is 26.7 Å². The molecule has 1 aromatic rings. The van der Waals surface area contributed by atoms with E-state index in [1.54, 1.807) is 0 Å². The first-order valence-corrected chi connectivity index (χ1v) is 7.91. The number of hydrogen-bond donors (Lipinski definition) is 2. The molecule has 0 bridgehead atoms. The van der Waals surface area contributed by atoms with Crippen molar-refractivity contribution >= 4 is 27.6 Å². The van der Waals surface area contributed by atoms with Gasteiger partial charge in [-0.05, 0) is 31.0 Å². The number of likely N-dealkylation sites (tertiary alicyclic amines) is 1. The number of hydrogen-bond acceptors (Lipinski definition) is 2. The lowest BCUT2D eigenvalue weighted by Crippen LogP contribution is -2.47. The van der Waals surface area contributed by atoms with Crippen LogP contribution in [0.25, 0.3) is 0 Å². The lowest BCUT2D eigenvalue weighted by atomic mass is 10.0. The molecule has 0 unspecified atom stereocenters. The molecule has 1 aliphatic rings. The van der Waals surface area contributed by atoms with Crippen molar-refractivity contribution in [3.8, 4) is 0 Å². The predicted octanol–water partition coefficient (Wildman–Crippen LogP) is 3.44. The van der Waals surface area contributed by atoms with Crippen LogP contribution in [-0.4, -0.2) is 36.1 Å². The van der Waals surface area contributed by atoms with Crippen molar-refractivity contribution in [1.82, 2.24) is 10.2 Å². The number of rotatable bonds is 3. The average molecular weight is 340 g/mol. The van der Waals surface area contributed by atoms with Crippen LogP contribution >= 0.6 is 15.9 Å². The van der Waals surface area contributed by atoms with Crippen LogP contribution in [0, 0.1) is 0 Å². The van der Waals surface area contributed by atoms with E-state index in [0.29, 0.717) is 12.1 Å². The maximum Gasteiger partial charge on any atom is 0.321 e. The number of carbonyl (C=O) groups excluding carboxylic acids is 1. The third-order valence-corrected chi connectivity index (χ3v) is 3.92. The number of halogens is 1. The molecule has 4 nitrogen and oxygen atoms in total.